The average molecular weight is 365 g/mol. The van der Waals surface area contributed by atoms with E-state index in [0.717, 1.165) is 38.0 Å². The monoisotopic (exact) mass is 364 g/mol. The Kier molecular flexibility index (Phi) is 5.76. The van der Waals surface area contributed by atoms with Crippen LogP contribution in [0.15, 0.2) is 35.7 Å². The highest BCUT2D eigenvalue weighted by atomic mass is 35.5. The van der Waals surface area contributed by atoms with E-state index in [1.807, 2.05) is 0 Å². The molecule has 0 aliphatic carbocycles. The summed E-state index contributed by atoms with van der Waals surface area (Å²) in [6.45, 7) is 2.93. The van der Waals surface area contributed by atoms with Gasteiger partial charge in [0.15, 0.2) is 0 Å². The Morgan fingerprint density at radius 2 is 2.29 bits per heavy atom. The highest BCUT2D eigenvalue weighted by molar-refractivity contribution is 7.09. The van der Waals surface area contributed by atoms with Crippen molar-refractivity contribution < 1.29 is 9.90 Å². The third-order valence-corrected chi connectivity index (χ3v) is 5.37. The molecule has 0 spiro atoms. The molecule has 24 heavy (non-hydrogen) atoms. The van der Waals surface area contributed by atoms with Crippen molar-refractivity contribution in [3.05, 3.63) is 51.2 Å². The van der Waals surface area contributed by atoms with Gasteiger partial charge >= 0.3 is 0 Å². The van der Waals surface area contributed by atoms with Crippen LogP contribution in [0.5, 0.6) is 5.75 Å². The summed E-state index contributed by atoms with van der Waals surface area (Å²) in [7, 11) is 0. The molecule has 1 aromatic carbocycles. The zero-order valence-electron chi connectivity index (χ0n) is 13.4. The molecule has 0 unspecified atom stereocenters. The number of nitrogens with zero attached hydrogens (tertiary/aromatic N) is 1. The normalized spacial score (nSPS) is 18.5. The van der Waals surface area contributed by atoms with Gasteiger partial charge in [-0.3, -0.25) is 9.69 Å². The maximum atomic E-state index is 12.3. The lowest BCUT2D eigenvalue weighted by Gasteiger charge is -2.32. The van der Waals surface area contributed by atoms with Crippen molar-refractivity contribution in [2.24, 2.45) is 0 Å². The van der Waals surface area contributed by atoms with E-state index in [1.165, 1.54) is 10.9 Å². The van der Waals surface area contributed by atoms with Gasteiger partial charge in [-0.2, -0.15) is 0 Å². The van der Waals surface area contributed by atoms with Crippen LogP contribution in [0.4, 0.5) is 0 Å². The Hall–Kier alpha value is -1.56. The van der Waals surface area contributed by atoms with Gasteiger partial charge < -0.3 is 10.4 Å². The Bertz CT molecular complexity index is 690. The number of phenolic OH excluding ortho intramolecular Hbond substituents is 1. The van der Waals surface area contributed by atoms with Crippen molar-refractivity contribution in [3.8, 4) is 5.75 Å². The SMILES string of the molecule is O=C(Cc1ccc(O)c(Cl)c1)N[C@H]1CCCN(Cc2cccs2)C1. The second-order valence-electron chi connectivity index (χ2n) is 6.18. The lowest BCUT2D eigenvalue weighted by atomic mass is 10.0. The van der Waals surface area contributed by atoms with Crippen molar-refractivity contribution in [1.82, 2.24) is 10.2 Å². The number of hydrogen-bond donors (Lipinski definition) is 2. The van der Waals surface area contributed by atoms with E-state index in [9.17, 15) is 9.90 Å². The number of nitrogens with one attached hydrogen (secondary N) is 1. The zero-order chi connectivity index (χ0) is 16.9. The minimum absolute atomic E-state index is 0.000250. The molecule has 2 N–H and O–H groups in total. The lowest BCUT2D eigenvalue weighted by molar-refractivity contribution is -0.121. The predicted molar refractivity (Wildman–Crippen MR) is 97.6 cm³/mol. The summed E-state index contributed by atoms with van der Waals surface area (Å²) in [6.07, 6.45) is 2.39. The molecule has 1 aliphatic heterocycles. The molecule has 1 aromatic heterocycles. The van der Waals surface area contributed by atoms with Crippen molar-refractivity contribution in [2.45, 2.75) is 31.8 Å². The number of phenols is 1. The molecule has 0 bridgehead atoms. The molecule has 2 aromatic rings. The van der Waals surface area contributed by atoms with Crippen LogP contribution in [0.2, 0.25) is 5.02 Å². The van der Waals surface area contributed by atoms with Gasteiger partial charge in [0, 0.05) is 24.0 Å². The summed E-state index contributed by atoms with van der Waals surface area (Å²) < 4.78 is 0. The molecule has 0 saturated carbocycles. The molecular formula is C18H21ClN2O2S. The van der Waals surface area contributed by atoms with Crippen LogP contribution in [0.25, 0.3) is 0 Å². The van der Waals surface area contributed by atoms with Gasteiger partial charge in [-0.1, -0.05) is 23.7 Å². The highest BCUT2D eigenvalue weighted by Crippen LogP contribution is 2.24. The maximum absolute atomic E-state index is 12.3. The summed E-state index contributed by atoms with van der Waals surface area (Å²) >= 11 is 7.66. The van der Waals surface area contributed by atoms with E-state index >= 15 is 0 Å². The molecule has 128 valence electrons. The summed E-state index contributed by atoms with van der Waals surface area (Å²) in [4.78, 5) is 16.0. The molecule has 1 fully saturated rings. The molecule has 0 radical (unpaired) electrons. The first kappa shape index (κ1) is 17.3. The van der Waals surface area contributed by atoms with Crippen LogP contribution in [0.1, 0.15) is 23.3 Å². The van der Waals surface area contributed by atoms with Crippen LogP contribution in [0.3, 0.4) is 0 Å². The second kappa shape index (κ2) is 8.01. The van der Waals surface area contributed by atoms with Crippen LogP contribution < -0.4 is 5.32 Å². The van der Waals surface area contributed by atoms with E-state index < -0.39 is 0 Å². The van der Waals surface area contributed by atoms with Gasteiger partial charge in [-0.15, -0.1) is 11.3 Å². The number of rotatable bonds is 5. The minimum atomic E-state index is -0.000250. The highest BCUT2D eigenvalue weighted by Gasteiger charge is 2.21. The molecule has 4 nitrogen and oxygen atoms in total. The smallest absolute Gasteiger partial charge is 0.224 e. The van der Waals surface area contributed by atoms with Gasteiger partial charge in [0.2, 0.25) is 5.91 Å². The zero-order valence-corrected chi connectivity index (χ0v) is 14.9. The number of aromatic hydroxyl groups is 1. The molecular weight excluding hydrogens is 344 g/mol. The largest absolute Gasteiger partial charge is 0.506 e. The fourth-order valence-electron chi connectivity index (χ4n) is 3.06. The minimum Gasteiger partial charge on any atom is -0.506 e. The first-order chi connectivity index (χ1) is 11.6. The summed E-state index contributed by atoms with van der Waals surface area (Å²) in [5, 5.41) is 14.9. The third kappa shape index (κ3) is 4.72. The van der Waals surface area contributed by atoms with E-state index in [0.29, 0.717) is 0 Å². The first-order valence-electron chi connectivity index (χ1n) is 8.11. The number of carbonyl (C=O) groups excluding carboxylic acids is 1. The van der Waals surface area contributed by atoms with Gasteiger partial charge in [0.05, 0.1) is 11.4 Å². The Balaban J connectivity index is 1.51. The average Bonchev–Trinajstić information content (AvgIpc) is 3.04. The molecule has 1 atom stereocenters. The van der Waals surface area contributed by atoms with Gasteiger partial charge in [0.25, 0.3) is 0 Å². The van der Waals surface area contributed by atoms with Crippen LogP contribution >= 0.6 is 22.9 Å². The molecule has 2 heterocycles. The number of likely N-dealkylation sites (tertiary alicyclic amines) is 1. The molecule has 1 saturated heterocycles. The van der Waals surface area contributed by atoms with Gasteiger partial charge in [0.1, 0.15) is 5.75 Å². The van der Waals surface area contributed by atoms with Crippen LogP contribution in [-0.2, 0) is 17.8 Å². The van der Waals surface area contributed by atoms with E-state index in [4.69, 9.17) is 11.6 Å². The van der Waals surface area contributed by atoms with E-state index in [1.54, 1.807) is 23.5 Å². The Morgan fingerprint density at radius 3 is 3.04 bits per heavy atom. The van der Waals surface area contributed by atoms with Crippen LogP contribution in [0, 0.1) is 0 Å². The van der Waals surface area contributed by atoms with Crippen molar-refractivity contribution in [3.63, 3.8) is 0 Å². The fraction of sp³-hybridized carbons (Fsp3) is 0.389. The van der Waals surface area contributed by atoms with Crippen molar-refractivity contribution in [1.29, 1.82) is 0 Å². The molecule has 1 aliphatic rings. The standard InChI is InChI=1S/C18H21ClN2O2S/c19-16-9-13(5-6-17(16)22)10-18(23)20-14-3-1-7-21(11-14)12-15-4-2-8-24-15/h2,4-6,8-9,14,22H,1,3,7,10-12H2,(H,20,23)/t14-/m0/s1. The summed E-state index contributed by atoms with van der Waals surface area (Å²) in [5.41, 5.74) is 0.807. The first-order valence-corrected chi connectivity index (χ1v) is 9.37. The number of amides is 1. The van der Waals surface area contributed by atoms with Crippen molar-refractivity contribution in [2.75, 3.05) is 13.1 Å². The number of hydrogen-bond acceptors (Lipinski definition) is 4. The topological polar surface area (TPSA) is 52.6 Å². The Labute approximate surface area is 151 Å². The van der Waals surface area contributed by atoms with E-state index in [2.05, 4.69) is 27.7 Å². The third-order valence-electron chi connectivity index (χ3n) is 4.21. The lowest BCUT2D eigenvalue weighted by Crippen LogP contribution is -2.47. The maximum Gasteiger partial charge on any atom is 0.224 e. The Morgan fingerprint density at radius 1 is 1.42 bits per heavy atom. The van der Waals surface area contributed by atoms with Gasteiger partial charge in [-0.25, -0.2) is 0 Å². The number of thiophene rings is 1. The number of piperidine rings is 1. The summed E-state index contributed by atoms with van der Waals surface area (Å²) in [6, 6.07) is 9.31. The number of benzene rings is 1. The predicted octanol–water partition coefficient (Wildman–Crippen LogP) is 3.43. The quantitative estimate of drug-likeness (QED) is 0.854. The molecule has 1 amide bonds. The summed E-state index contributed by atoms with van der Waals surface area (Å²) in [5.74, 6) is 0.0389. The fourth-order valence-corrected chi connectivity index (χ4v) is 4.01. The van der Waals surface area contributed by atoms with Gasteiger partial charge in [-0.05, 0) is 48.5 Å². The van der Waals surface area contributed by atoms with Crippen molar-refractivity contribution >= 4 is 28.8 Å². The van der Waals surface area contributed by atoms with E-state index in [-0.39, 0.29) is 29.1 Å². The van der Waals surface area contributed by atoms with Crippen LogP contribution in [-0.4, -0.2) is 35.0 Å². The number of carbonyl (C=O) groups is 1. The second-order valence-corrected chi connectivity index (χ2v) is 7.62. The molecule has 3 rings (SSSR count). The molecule has 6 heteroatoms. The number of halogens is 1.